The summed E-state index contributed by atoms with van der Waals surface area (Å²) >= 11 is 0. The van der Waals surface area contributed by atoms with Crippen molar-refractivity contribution < 1.29 is 38.1 Å². The molecule has 1 aliphatic rings. The first-order valence-corrected chi connectivity index (χ1v) is 12.2. The van der Waals surface area contributed by atoms with Gasteiger partial charge in [0.05, 0.1) is 24.6 Å². The zero-order valence-corrected chi connectivity index (χ0v) is 21.1. The molecule has 4 rings (SSSR count). The van der Waals surface area contributed by atoms with E-state index in [1.807, 2.05) is 13.8 Å². The molecule has 0 unspecified atom stereocenters. The van der Waals surface area contributed by atoms with Crippen LogP contribution in [0.3, 0.4) is 0 Å². The number of rotatable bonds is 9. The van der Waals surface area contributed by atoms with Gasteiger partial charge >= 0.3 is 0 Å². The van der Waals surface area contributed by atoms with Crippen LogP contribution in [-0.2, 0) is 21.5 Å². The monoisotopic (exact) mass is 522 g/mol. The van der Waals surface area contributed by atoms with E-state index in [1.54, 1.807) is 6.07 Å². The van der Waals surface area contributed by atoms with E-state index in [0.717, 1.165) is 0 Å². The van der Waals surface area contributed by atoms with E-state index in [4.69, 9.17) is 14.0 Å². The van der Waals surface area contributed by atoms with Crippen molar-refractivity contribution in [2.75, 3.05) is 13.7 Å². The molecule has 1 fully saturated rings. The molecule has 1 aromatic carbocycles. The zero-order valence-electron chi connectivity index (χ0n) is 21.1. The predicted molar refractivity (Wildman–Crippen MR) is 126 cm³/mol. The highest BCUT2D eigenvalue weighted by molar-refractivity contribution is 5.59. The molecule has 1 aliphatic heterocycles. The summed E-state index contributed by atoms with van der Waals surface area (Å²) in [4.78, 5) is 0. The van der Waals surface area contributed by atoms with Gasteiger partial charge in [0.2, 0.25) is 0 Å². The summed E-state index contributed by atoms with van der Waals surface area (Å²) in [7, 11) is 1.44. The van der Waals surface area contributed by atoms with Crippen LogP contribution in [0.1, 0.15) is 49.7 Å². The lowest BCUT2D eigenvalue weighted by atomic mass is 9.89. The van der Waals surface area contributed by atoms with Crippen LogP contribution in [0, 0.1) is 18.6 Å². The van der Waals surface area contributed by atoms with Crippen molar-refractivity contribution in [1.82, 2.24) is 20.2 Å². The SMILES string of the molecule is CCC(O)(CC)c1cc(C[C@H]2O[C@H](CO)[C@H](O)[C@H](n3cc(-c4ccc(C)c(F)c4F)nn3)[C@H]2OC)no1. The van der Waals surface area contributed by atoms with E-state index in [-0.39, 0.29) is 23.2 Å². The smallest absolute Gasteiger partial charge is 0.168 e. The Morgan fingerprint density at radius 2 is 1.89 bits per heavy atom. The van der Waals surface area contributed by atoms with Crippen LogP contribution >= 0.6 is 0 Å². The molecule has 0 amide bonds. The molecule has 0 aliphatic carbocycles. The molecule has 202 valence electrons. The van der Waals surface area contributed by atoms with Crippen LogP contribution in [0.5, 0.6) is 0 Å². The van der Waals surface area contributed by atoms with Crippen molar-refractivity contribution in [3.63, 3.8) is 0 Å². The van der Waals surface area contributed by atoms with Crippen LogP contribution in [0.2, 0.25) is 0 Å². The van der Waals surface area contributed by atoms with E-state index in [9.17, 15) is 24.1 Å². The minimum Gasteiger partial charge on any atom is -0.394 e. The van der Waals surface area contributed by atoms with Gasteiger partial charge in [0.25, 0.3) is 0 Å². The first kappa shape index (κ1) is 27.3. The number of methoxy groups -OCH3 is 1. The van der Waals surface area contributed by atoms with Crippen LogP contribution in [-0.4, -0.2) is 73.6 Å². The van der Waals surface area contributed by atoms with Crippen LogP contribution < -0.4 is 0 Å². The third kappa shape index (κ3) is 5.04. The number of nitrogens with zero attached hydrogens (tertiary/aromatic N) is 4. The molecule has 3 aromatic rings. The highest BCUT2D eigenvalue weighted by atomic mass is 19.2. The summed E-state index contributed by atoms with van der Waals surface area (Å²) in [6, 6.07) is 3.62. The van der Waals surface area contributed by atoms with Gasteiger partial charge in [-0.15, -0.1) is 5.10 Å². The zero-order chi connectivity index (χ0) is 26.9. The first-order chi connectivity index (χ1) is 17.7. The fourth-order valence-corrected chi connectivity index (χ4v) is 4.75. The summed E-state index contributed by atoms with van der Waals surface area (Å²) in [5, 5.41) is 43.8. The molecule has 2 aromatic heterocycles. The van der Waals surface area contributed by atoms with Gasteiger partial charge in [-0.25, -0.2) is 13.5 Å². The highest BCUT2D eigenvalue weighted by Gasteiger charge is 2.47. The summed E-state index contributed by atoms with van der Waals surface area (Å²) < 4.78 is 47.1. The largest absolute Gasteiger partial charge is 0.394 e. The molecule has 0 spiro atoms. The summed E-state index contributed by atoms with van der Waals surface area (Å²) in [5.41, 5.74) is -0.496. The highest BCUT2D eigenvalue weighted by Crippen LogP contribution is 2.35. The number of aryl methyl sites for hydroxylation is 1. The van der Waals surface area contributed by atoms with E-state index >= 15 is 0 Å². The van der Waals surface area contributed by atoms with Crippen molar-refractivity contribution in [2.24, 2.45) is 0 Å². The van der Waals surface area contributed by atoms with E-state index in [0.29, 0.717) is 24.3 Å². The van der Waals surface area contributed by atoms with Gasteiger partial charge in [-0.05, 0) is 31.4 Å². The molecule has 0 bridgehead atoms. The molecule has 3 N–H and O–H groups in total. The van der Waals surface area contributed by atoms with Crippen LogP contribution in [0.4, 0.5) is 8.78 Å². The summed E-state index contributed by atoms with van der Waals surface area (Å²) in [6.45, 7) is 4.66. The molecular weight excluding hydrogens is 490 g/mol. The topological polar surface area (TPSA) is 136 Å². The number of halogens is 2. The Hall–Kier alpha value is -2.77. The molecule has 37 heavy (non-hydrogen) atoms. The Labute approximate surface area is 212 Å². The quantitative estimate of drug-likeness (QED) is 0.387. The lowest BCUT2D eigenvalue weighted by Crippen LogP contribution is -2.57. The maximum absolute atomic E-state index is 14.6. The van der Waals surface area contributed by atoms with Gasteiger partial charge in [-0.3, -0.25) is 0 Å². The molecular formula is C25H32F2N4O6. The normalized spacial score (nSPS) is 24.5. The number of ether oxygens (including phenoxy) is 2. The van der Waals surface area contributed by atoms with E-state index in [1.165, 1.54) is 37.0 Å². The minimum atomic E-state index is -1.25. The number of aliphatic hydroxyl groups excluding tert-OH is 2. The molecule has 12 heteroatoms. The Morgan fingerprint density at radius 1 is 1.16 bits per heavy atom. The van der Waals surface area contributed by atoms with Crippen LogP contribution in [0.25, 0.3) is 11.3 Å². The predicted octanol–water partition coefficient (Wildman–Crippen LogP) is 2.45. The number of benzene rings is 1. The second kappa shape index (κ2) is 10.9. The number of aliphatic hydroxyl groups is 3. The fraction of sp³-hybridized carbons (Fsp3) is 0.560. The van der Waals surface area contributed by atoms with E-state index < -0.39 is 54.3 Å². The van der Waals surface area contributed by atoms with Gasteiger partial charge in [0, 0.05) is 25.2 Å². The van der Waals surface area contributed by atoms with Gasteiger partial charge in [0.15, 0.2) is 17.4 Å². The van der Waals surface area contributed by atoms with Gasteiger partial charge < -0.3 is 29.3 Å². The second-order valence-electron chi connectivity index (χ2n) is 9.34. The third-order valence-corrected chi connectivity index (χ3v) is 7.20. The van der Waals surface area contributed by atoms with Crippen molar-refractivity contribution >= 4 is 0 Å². The Kier molecular flexibility index (Phi) is 8.05. The standard InChI is InChI=1S/C25H32F2N4O6/c1-5-25(34,6-2)19-10-14(29-37-19)9-17-24(35-4)22(23(33)18(12-32)36-17)31-11-16(28-30-31)15-8-7-13(3)20(26)21(15)27/h7-8,10-11,17-18,22-24,32-34H,5-6,9,12H2,1-4H3/t17-,18-,22+,23+,24+/m1/s1. The maximum atomic E-state index is 14.6. The first-order valence-electron chi connectivity index (χ1n) is 12.2. The molecule has 1 saturated heterocycles. The minimum absolute atomic E-state index is 0.0709. The van der Waals surface area contributed by atoms with Gasteiger partial charge in [-0.2, -0.15) is 0 Å². The summed E-state index contributed by atoms with van der Waals surface area (Å²) in [5.74, 6) is -1.69. The third-order valence-electron chi connectivity index (χ3n) is 7.20. The van der Waals surface area contributed by atoms with Crippen molar-refractivity contribution in [3.8, 4) is 11.3 Å². The Balaban J connectivity index is 1.64. The van der Waals surface area contributed by atoms with Gasteiger partial charge in [0.1, 0.15) is 35.6 Å². The number of aromatic nitrogens is 4. The Bertz CT molecular complexity index is 1210. The van der Waals surface area contributed by atoms with Gasteiger partial charge in [-0.1, -0.05) is 30.3 Å². The summed E-state index contributed by atoms with van der Waals surface area (Å²) in [6.07, 6.45) is -1.27. The van der Waals surface area contributed by atoms with Crippen LogP contribution in [0.15, 0.2) is 28.9 Å². The molecule has 0 radical (unpaired) electrons. The molecule has 0 saturated carbocycles. The van der Waals surface area contributed by atoms with Crippen molar-refractivity contribution in [3.05, 3.63) is 53.0 Å². The fourth-order valence-electron chi connectivity index (χ4n) is 4.75. The lowest BCUT2D eigenvalue weighted by molar-refractivity contribution is -0.212. The second-order valence-corrected chi connectivity index (χ2v) is 9.34. The molecule has 3 heterocycles. The number of hydrogen-bond acceptors (Lipinski definition) is 9. The average Bonchev–Trinajstić information content (AvgIpc) is 3.58. The maximum Gasteiger partial charge on any atom is 0.168 e. The van der Waals surface area contributed by atoms with E-state index in [2.05, 4.69) is 15.5 Å². The molecule has 5 atom stereocenters. The number of hydrogen-bond donors (Lipinski definition) is 3. The Morgan fingerprint density at radius 3 is 2.54 bits per heavy atom. The molecule has 10 nitrogen and oxygen atoms in total. The average molecular weight is 523 g/mol. The van der Waals surface area contributed by atoms with Crippen molar-refractivity contribution in [2.45, 2.75) is 76.1 Å². The lowest BCUT2D eigenvalue weighted by Gasteiger charge is -2.43. The van der Waals surface area contributed by atoms with Crippen molar-refractivity contribution in [1.29, 1.82) is 0 Å².